The van der Waals surface area contributed by atoms with Gasteiger partial charge in [0.05, 0.1) is 0 Å². The van der Waals surface area contributed by atoms with E-state index in [1.54, 1.807) is 0 Å². The predicted octanol–water partition coefficient (Wildman–Crippen LogP) is -4.99. The molecule has 0 radical (unpaired) electrons. The van der Waals surface area contributed by atoms with Crippen molar-refractivity contribution >= 4 is 19.8 Å². The number of carboxylic acids is 1. The van der Waals surface area contributed by atoms with Gasteiger partial charge in [-0.3, -0.25) is 4.57 Å². The Balaban J connectivity index is -0.000000126. The van der Waals surface area contributed by atoms with Crippen LogP contribution >= 0.6 is 7.82 Å². The van der Waals surface area contributed by atoms with Crippen molar-refractivity contribution in [2.24, 2.45) is 0 Å². The molecule has 0 bridgehead atoms. The zero-order valence-electron chi connectivity index (χ0n) is 5.80. The molecule has 66 valence electrons. The molecule has 0 heterocycles. The quantitative estimate of drug-likeness (QED) is 0.165. The van der Waals surface area contributed by atoms with E-state index in [0.717, 1.165) is 0 Å². The average Bonchev–Trinajstić information content (AvgIpc) is 1.59. The summed E-state index contributed by atoms with van der Waals surface area (Å²) >= 11 is 0. The molecule has 0 saturated carbocycles. The Kier molecular flexibility index (Phi) is 11.0. The van der Waals surface area contributed by atoms with Crippen molar-refractivity contribution in [2.75, 3.05) is 0 Å². The monoisotopic (exact) mass is 196 g/mol. The second-order valence-corrected chi connectivity index (χ2v) is 2.05. The Morgan fingerprint density at radius 1 is 1.33 bits per heavy atom. The molecule has 0 aliphatic carbocycles. The Hall–Kier alpha value is -0.223. The number of aliphatic carboxylic acids is 1. The van der Waals surface area contributed by atoms with Crippen molar-refractivity contribution < 1.29 is 57.2 Å². The van der Waals surface area contributed by atoms with Crippen LogP contribution in [-0.2, 0) is 14.2 Å². The van der Waals surface area contributed by atoms with E-state index in [0.29, 0.717) is 0 Å². The van der Waals surface area contributed by atoms with Crippen molar-refractivity contribution in [1.82, 2.24) is 0 Å². The van der Waals surface area contributed by atoms with Gasteiger partial charge in [-0.15, -0.1) is 0 Å². The minimum Gasteiger partial charge on any atom is -0.756 e. The van der Waals surface area contributed by atoms with Crippen LogP contribution < -0.4 is 23.8 Å². The summed E-state index contributed by atoms with van der Waals surface area (Å²) in [5.74, 6) is -2.05. The molecular formula is C2H3FLiO7P. The van der Waals surface area contributed by atoms with Crippen molar-refractivity contribution in [3.63, 3.8) is 0 Å². The van der Waals surface area contributed by atoms with Gasteiger partial charge >= 0.3 is 30.9 Å². The minimum absolute atomic E-state index is 0. The first-order valence-electron chi connectivity index (χ1n) is 1.84. The first-order valence-corrected chi connectivity index (χ1v) is 3.37. The molecule has 0 aromatic carbocycles. The third-order valence-corrected chi connectivity index (χ3v) is 0.168. The van der Waals surface area contributed by atoms with Crippen molar-refractivity contribution in [2.45, 2.75) is 0 Å². The van der Waals surface area contributed by atoms with Crippen LogP contribution in [0.25, 0.3) is 0 Å². The van der Waals surface area contributed by atoms with Gasteiger partial charge in [0.15, 0.2) is 0 Å². The van der Waals surface area contributed by atoms with Crippen LogP contribution in [0.15, 0.2) is 0 Å². The normalized spacial score (nSPS) is 8.67. The number of carbonyl (C=O) groups excluding carboxylic acids is 1. The summed E-state index contributed by atoms with van der Waals surface area (Å²) in [6, 6.07) is -2.32. The second kappa shape index (κ2) is 7.43. The van der Waals surface area contributed by atoms with Gasteiger partial charge in [0.1, 0.15) is 0 Å². The topological polar surface area (TPSA) is 135 Å². The van der Waals surface area contributed by atoms with Gasteiger partial charge < -0.3 is 19.8 Å². The molecule has 12 heavy (non-hydrogen) atoms. The largest absolute Gasteiger partial charge is 1.00 e. The number of halogens is 1. The minimum atomic E-state index is -4.89. The van der Waals surface area contributed by atoms with E-state index in [9.17, 15) is 4.39 Å². The maximum absolute atomic E-state index is 10.6. The fourth-order valence-corrected chi connectivity index (χ4v) is 0. The number of phosphoric acid groups is 1. The number of hydrogen-bond donors (Lipinski definition) is 3. The van der Waals surface area contributed by atoms with Crippen LogP contribution in [0.4, 0.5) is 4.39 Å². The molecule has 0 amide bonds. The third kappa shape index (κ3) is 52.8. The SMILES string of the molecule is O=C(O)C(=O)F.O=P([O-])(O)O.[Li+]. The molecule has 0 aliphatic heterocycles. The summed E-state index contributed by atoms with van der Waals surface area (Å²) in [5.41, 5.74) is 0. The van der Waals surface area contributed by atoms with Crippen LogP contribution in [0, 0.1) is 0 Å². The van der Waals surface area contributed by atoms with E-state index in [2.05, 4.69) is 0 Å². The smallest absolute Gasteiger partial charge is 0.756 e. The van der Waals surface area contributed by atoms with E-state index in [1.165, 1.54) is 0 Å². The first-order chi connectivity index (χ1) is 4.64. The summed E-state index contributed by atoms with van der Waals surface area (Å²) in [7, 11) is -4.89. The Morgan fingerprint density at radius 3 is 1.42 bits per heavy atom. The summed E-state index contributed by atoms with van der Waals surface area (Å²) in [5, 5.41) is 7.27. The second-order valence-electron chi connectivity index (χ2n) is 1.07. The van der Waals surface area contributed by atoms with Gasteiger partial charge in [-0.05, 0) is 0 Å². The van der Waals surface area contributed by atoms with Crippen LogP contribution in [0.5, 0.6) is 0 Å². The molecule has 0 unspecified atom stereocenters. The molecule has 10 heteroatoms. The molecule has 3 N–H and O–H groups in total. The fraction of sp³-hybridized carbons (Fsp3) is 0. The molecule has 0 saturated heterocycles. The molecule has 7 nitrogen and oxygen atoms in total. The molecule has 0 spiro atoms. The van der Waals surface area contributed by atoms with Crippen LogP contribution in [0.3, 0.4) is 0 Å². The predicted molar refractivity (Wildman–Crippen MR) is 25.8 cm³/mol. The average molecular weight is 196 g/mol. The summed E-state index contributed by atoms with van der Waals surface area (Å²) in [6.07, 6.45) is 0. The molecule has 0 rings (SSSR count). The van der Waals surface area contributed by atoms with Crippen LogP contribution in [0.1, 0.15) is 0 Å². The molecule has 0 aromatic heterocycles. The van der Waals surface area contributed by atoms with Gasteiger partial charge in [0.2, 0.25) is 0 Å². The number of hydrogen-bond acceptors (Lipinski definition) is 4. The van der Waals surface area contributed by atoms with E-state index >= 15 is 0 Å². The standard InChI is InChI=1S/C2HFO3.Li.H3O4P/c3-1(4)2(5)6;;1-5(2,3)4/h(H,5,6);;(H3,1,2,3,4)/q;+1;/p-1. The molecular weight excluding hydrogens is 193 g/mol. The van der Waals surface area contributed by atoms with E-state index in [1.807, 2.05) is 0 Å². The van der Waals surface area contributed by atoms with Gasteiger partial charge in [-0.1, -0.05) is 0 Å². The van der Waals surface area contributed by atoms with Gasteiger partial charge in [0, 0.05) is 0 Å². The Bertz CT molecular complexity index is 177. The molecule has 0 atom stereocenters. The molecule has 0 aliphatic rings. The van der Waals surface area contributed by atoms with E-state index in [4.69, 9.17) is 33.9 Å². The van der Waals surface area contributed by atoms with Crippen molar-refractivity contribution in [1.29, 1.82) is 0 Å². The van der Waals surface area contributed by atoms with Crippen LogP contribution in [-0.4, -0.2) is 26.9 Å². The fourth-order valence-electron chi connectivity index (χ4n) is 0. The van der Waals surface area contributed by atoms with E-state index in [-0.39, 0.29) is 18.9 Å². The summed E-state index contributed by atoms with van der Waals surface area (Å²) in [6.45, 7) is 0. The Labute approximate surface area is 77.6 Å². The summed E-state index contributed by atoms with van der Waals surface area (Å²) in [4.78, 5) is 40.8. The van der Waals surface area contributed by atoms with E-state index < -0.39 is 19.8 Å². The molecule has 0 aromatic rings. The van der Waals surface area contributed by atoms with Crippen molar-refractivity contribution in [3.8, 4) is 0 Å². The van der Waals surface area contributed by atoms with Gasteiger partial charge in [-0.25, -0.2) is 9.59 Å². The van der Waals surface area contributed by atoms with Crippen LogP contribution in [0.2, 0.25) is 0 Å². The zero-order valence-corrected chi connectivity index (χ0v) is 6.69. The number of carboxylic acid groups (broad SMARTS) is 1. The maximum atomic E-state index is 10.6. The number of rotatable bonds is 1. The summed E-state index contributed by atoms with van der Waals surface area (Å²) < 4.78 is 19.4. The molecule has 0 fully saturated rings. The third-order valence-electron chi connectivity index (χ3n) is 0.168. The first kappa shape index (κ1) is 17.8. The number of carbonyl (C=O) groups is 2. The van der Waals surface area contributed by atoms with Gasteiger partial charge in [-0.2, -0.15) is 4.39 Å². The van der Waals surface area contributed by atoms with Crippen molar-refractivity contribution in [3.05, 3.63) is 0 Å². The zero-order chi connectivity index (χ0) is 9.65. The Morgan fingerprint density at radius 2 is 1.42 bits per heavy atom. The maximum Gasteiger partial charge on any atom is 1.00 e. The van der Waals surface area contributed by atoms with Gasteiger partial charge in [0.25, 0.3) is 7.82 Å².